The van der Waals surface area contributed by atoms with Gasteiger partial charge in [-0.3, -0.25) is 0 Å². The van der Waals surface area contributed by atoms with Gasteiger partial charge in [0.15, 0.2) is 0 Å². The van der Waals surface area contributed by atoms with E-state index in [1.54, 1.807) is 4.31 Å². The van der Waals surface area contributed by atoms with Gasteiger partial charge in [-0.15, -0.1) is 0 Å². The second kappa shape index (κ2) is 6.59. The van der Waals surface area contributed by atoms with Gasteiger partial charge in [0.2, 0.25) is 10.0 Å². The van der Waals surface area contributed by atoms with E-state index in [1.807, 2.05) is 6.92 Å². The van der Waals surface area contributed by atoms with Crippen LogP contribution in [0.1, 0.15) is 39.7 Å². The summed E-state index contributed by atoms with van der Waals surface area (Å²) in [5, 5.41) is 0. The fourth-order valence-electron chi connectivity index (χ4n) is 2.78. The zero-order chi connectivity index (χ0) is 16.4. The maximum atomic E-state index is 12.1. The summed E-state index contributed by atoms with van der Waals surface area (Å²) in [6.07, 6.45) is 0.677. The van der Waals surface area contributed by atoms with Crippen molar-refractivity contribution in [3.05, 3.63) is 29.8 Å². The lowest BCUT2D eigenvalue weighted by molar-refractivity contribution is 0.384. The van der Waals surface area contributed by atoms with Gasteiger partial charge < -0.3 is 4.90 Å². The highest BCUT2D eigenvalue weighted by Gasteiger charge is 2.26. The summed E-state index contributed by atoms with van der Waals surface area (Å²) >= 11 is 0. The van der Waals surface area contributed by atoms with Crippen molar-refractivity contribution in [2.75, 3.05) is 36.8 Å². The molecule has 1 saturated heterocycles. The van der Waals surface area contributed by atoms with Crippen molar-refractivity contribution in [2.45, 2.75) is 39.5 Å². The van der Waals surface area contributed by atoms with E-state index in [2.05, 4.69) is 49.9 Å². The lowest BCUT2D eigenvalue weighted by Crippen LogP contribution is -2.49. The Morgan fingerprint density at radius 2 is 1.55 bits per heavy atom. The third kappa shape index (κ3) is 4.02. The van der Waals surface area contributed by atoms with E-state index in [0.717, 1.165) is 13.1 Å². The molecular weight excluding hydrogens is 296 g/mol. The van der Waals surface area contributed by atoms with Crippen LogP contribution in [0.5, 0.6) is 0 Å². The maximum absolute atomic E-state index is 12.1. The molecular formula is C17H28N2O2S. The predicted octanol–water partition coefficient (Wildman–Crippen LogP) is 2.85. The van der Waals surface area contributed by atoms with Crippen molar-refractivity contribution in [1.82, 2.24) is 4.31 Å². The summed E-state index contributed by atoms with van der Waals surface area (Å²) in [5.74, 6) is 0.257. The third-order valence-corrected chi connectivity index (χ3v) is 6.27. The number of hydrogen-bond donors (Lipinski definition) is 0. The van der Waals surface area contributed by atoms with Crippen molar-refractivity contribution in [1.29, 1.82) is 0 Å². The fraction of sp³-hybridized carbons (Fsp3) is 0.647. The molecule has 0 bridgehead atoms. The Morgan fingerprint density at radius 1 is 1.00 bits per heavy atom. The van der Waals surface area contributed by atoms with Crippen LogP contribution in [0.3, 0.4) is 0 Å². The summed E-state index contributed by atoms with van der Waals surface area (Å²) < 4.78 is 25.8. The summed E-state index contributed by atoms with van der Waals surface area (Å²) in [6.45, 7) is 11.2. The van der Waals surface area contributed by atoms with Crippen molar-refractivity contribution in [3.8, 4) is 0 Å². The van der Waals surface area contributed by atoms with Gasteiger partial charge in [0.1, 0.15) is 0 Å². The van der Waals surface area contributed by atoms with E-state index in [1.165, 1.54) is 11.3 Å². The van der Waals surface area contributed by atoms with Gasteiger partial charge in [-0.05, 0) is 29.5 Å². The van der Waals surface area contributed by atoms with Crippen LogP contribution >= 0.6 is 0 Å². The maximum Gasteiger partial charge on any atom is 0.214 e. The minimum Gasteiger partial charge on any atom is -0.369 e. The molecule has 1 aliphatic heterocycles. The van der Waals surface area contributed by atoms with Crippen LogP contribution in [0, 0.1) is 0 Å². The highest BCUT2D eigenvalue weighted by atomic mass is 32.2. The monoisotopic (exact) mass is 324 g/mol. The van der Waals surface area contributed by atoms with Gasteiger partial charge in [-0.25, -0.2) is 8.42 Å². The first kappa shape index (κ1) is 17.3. The fourth-order valence-corrected chi connectivity index (χ4v) is 4.28. The third-order valence-electron chi connectivity index (χ3n) is 4.19. The molecule has 0 atom stereocenters. The zero-order valence-corrected chi connectivity index (χ0v) is 15.0. The van der Waals surface area contributed by atoms with Gasteiger partial charge in [-0.1, -0.05) is 39.8 Å². The average Bonchev–Trinajstić information content (AvgIpc) is 2.47. The van der Waals surface area contributed by atoms with Gasteiger partial charge >= 0.3 is 0 Å². The minimum atomic E-state index is -3.06. The Bertz CT molecular complexity index is 580. The molecule has 22 heavy (non-hydrogen) atoms. The second-order valence-corrected chi connectivity index (χ2v) is 9.09. The van der Waals surface area contributed by atoms with E-state index in [9.17, 15) is 8.42 Å². The Morgan fingerprint density at radius 3 is 2.00 bits per heavy atom. The SMILES string of the molecule is CCCS(=O)(=O)N1CCN(c2ccc(C(C)(C)C)cc2)CC1. The molecule has 5 heteroatoms. The van der Waals surface area contributed by atoms with Crippen LogP contribution in [-0.4, -0.2) is 44.7 Å². The Kier molecular flexibility index (Phi) is 5.17. The summed E-state index contributed by atoms with van der Waals surface area (Å²) in [5.41, 5.74) is 2.66. The number of nitrogens with zero attached hydrogens (tertiary/aromatic N) is 2. The molecule has 1 heterocycles. The lowest BCUT2D eigenvalue weighted by Gasteiger charge is -2.35. The number of sulfonamides is 1. The van der Waals surface area contributed by atoms with Crippen molar-refractivity contribution >= 4 is 15.7 Å². The number of hydrogen-bond acceptors (Lipinski definition) is 3. The molecule has 0 aliphatic carbocycles. The molecule has 0 amide bonds. The van der Waals surface area contributed by atoms with Crippen molar-refractivity contribution < 1.29 is 8.42 Å². The largest absolute Gasteiger partial charge is 0.369 e. The minimum absolute atomic E-state index is 0.158. The normalized spacial score (nSPS) is 17.7. The highest BCUT2D eigenvalue weighted by Crippen LogP contribution is 2.25. The molecule has 1 fully saturated rings. The Labute approximate surface area is 135 Å². The molecule has 1 aromatic carbocycles. The van der Waals surface area contributed by atoms with E-state index in [4.69, 9.17) is 0 Å². The molecule has 2 rings (SSSR count). The smallest absolute Gasteiger partial charge is 0.214 e. The van der Waals surface area contributed by atoms with Crippen LogP contribution in [0.2, 0.25) is 0 Å². The van der Waals surface area contributed by atoms with E-state index in [0.29, 0.717) is 19.5 Å². The number of rotatable bonds is 4. The first-order valence-electron chi connectivity index (χ1n) is 8.07. The molecule has 0 unspecified atom stereocenters. The Balaban J connectivity index is 2.00. The van der Waals surface area contributed by atoms with E-state index >= 15 is 0 Å². The molecule has 0 saturated carbocycles. The topological polar surface area (TPSA) is 40.6 Å². The standard InChI is InChI=1S/C17H28N2O2S/c1-5-14-22(20,21)19-12-10-18(11-13-19)16-8-6-15(7-9-16)17(2,3)4/h6-9H,5,10-14H2,1-4H3. The van der Waals surface area contributed by atoms with E-state index < -0.39 is 10.0 Å². The van der Waals surface area contributed by atoms with Gasteiger partial charge in [0, 0.05) is 31.9 Å². The van der Waals surface area contributed by atoms with Crippen LogP contribution < -0.4 is 4.90 Å². The average molecular weight is 324 g/mol. The van der Waals surface area contributed by atoms with E-state index in [-0.39, 0.29) is 11.2 Å². The molecule has 0 radical (unpaired) electrons. The molecule has 0 spiro atoms. The number of benzene rings is 1. The first-order chi connectivity index (χ1) is 10.2. The molecule has 1 aromatic rings. The van der Waals surface area contributed by atoms with Crippen LogP contribution in [0.15, 0.2) is 24.3 Å². The van der Waals surface area contributed by atoms with Crippen LogP contribution in [0.25, 0.3) is 0 Å². The quantitative estimate of drug-likeness (QED) is 0.855. The number of anilines is 1. The Hall–Kier alpha value is -1.07. The lowest BCUT2D eigenvalue weighted by atomic mass is 9.87. The summed E-state index contributed by atoms with van der Waals surface area (Å²) in [4.78, 5) is 2.27. The van der Waals surface area contributed by atoms with Crippen molar-refractivity contribution in [3.63, 3.8) is 0 Å². The highest BCUT2D eigenvalue weighted by molar-refractivity contribution is 7.89. The second-order valence-electron chi connectivity index (χ2n) is 7.00. The predicted molar refractivity (Wildman–Crippen MR) is 93.0 cm³/mol. The first-order valence-corrected chi connectivity index (χ1v) is 9.68. The number of piperazine rings is 1. The van der Waals surface area contributed by atoms with Gasteiger partial charge in [0.25, 0.3) is 0 Å². The zero-order valence-electron chi connectivity index (χ0n) is 14.2. The molecule has 0 N–H and O–H groups in total. The van der Waals surface area contributed by atoms with Crippen molar-refractivity contribution in [2.24, 2.45) is 0 Å². The van der Waals surface area contributed by atoms with Crippen LogP contribution in [0.4, 0.5) is 5.69 Å². The molecule has 4 nitrogen and oxygen atoms in total. The molecule has 1 aliphatic rings. The van der Waals surface area contributed by atoms with Gasteiger partial charge in [0.05, 0.1) is 5.75 Å². The van der Waals surface area contributed by atoms with Gasteiger partial charge in [-0.2, -0.15) is 4.31 Å². The summed E-state index contributed by atoms with van der Waals surface area (Å²) in [6, 6.07) is 8.65. The van der Waals surface area contributed by atoms with Crippen LogP contribution in [-0.2, 0) is 15.4 Å². The summed E-state index contributed by atoms with van der Waals surface area (Å²) in [7, 11) is -3.06. The molecule has 0 aromatic heterocycles. The molecule has 124 valence electrons.